The number of nitrogens with zero attached hydrogens (tertiary/aromatic N) is 5. The van der Waals surface area contributed by atoms with Gasteiger partial charge in [-0.3, -0.25) is 0 Å². The van der Waals surface area contributed by atoms with E-state index in [1.54, 1.807) is 4.80 Å². The largest absolute Gasteiger partial charge is 1.00 e. The van der Waals surface area contributed by atoms with Crippen LogP contribution >= 0.6 is 0 Å². The molecule has 2 rings (SSSR count). The lowest BCUT2D eigenvalue weighted by Gasteiger charge is -1.96. The summed E-state index contributed by atoms with van der Waals surface area (Å²) in [7, 11) is 1.98. The van der Waals surface area contributed by atoms with Gasteiger partial charge in [0.25, 0.3) is 0 Å². The van der Waals surface area contributed by atoms with Crippen LogP contribution in [0.25, 0.3) is 11.4 Å². The van der Waals surface area contributed by atoms with Crippen molar-refractivity contribution in [3.63, 3.8) is 0 Å². The number of pyridine rings is 1. The molecule has 0 saturated carbocycles. The van der Waals surface area contributed by atoms with E-state index in [1.165, 1.54) is 12.8 Å². The van der Waals surface area contributed by atoms with E-state index in [0.29, 0.717) is 5.82 Å². The molecule has 0 N–H and O–H groups in total. The minimum Gasteiger partial charge on any atom is -1.00 e. The van der Waals surface area contributed by atoms with Crippen LogP contribution < -0.4 is 28.5 Å². The van der Waals surface area contributed by atoms with Gasteiger partial charge in [-0.15, -0.1) is 10.2 Å². The first kappa shape index (κ1) is 15.0. The summed E-state index contributed by atoms with van der Waals surface area (Å²) in [4.78, 5) is 1.68. The first-order valence-corrected chi connectivity index (χ1v) is 6.03. The van der Waals surface area contributed by atoms with Gasteiger partial charge in [-0.2, -0.15) is 4.80 Å². The van der Waals surface area contributed by atoms with E-state index in [0.717, 1.165) is 18.5 Å². The zero-order valence-corrected chi connectivity index (χ0v) is 12.9. The molecule has 0 saturated heterocycles. The number of aryl methyl sites for hydroxylation is 2. The van der Waals surface area contributed by atoms with Gasteiger partial charge in [-0.25, -0.2) is 4.57 Å². The second kappa shape index (κ2) is 7.40. The smallest absolute Gasteiger partial charge is 0.210 e. The number of tetrazole rings is 1. The van der Waals surface area contributed by atoms with Crippen LogP contribution in [0.15, 0.2) is 24.5 Å². The molecule has 0 aromatic carbocycles. The summed E-state index contributed by atoms with van der Waals surface area (Å²) >= 11 is 0. The van der Waals surface area contributed by atoms with E-state index >= 15 is 0 Å². The molecule has 0 radical (unpaired) electrons. The molecule has 0 amide bonds. The Hall–Kier alpha value is -1.05. The summed E-state index contributed by atoms with van der Waals surface area (Å²) in [6.45, 7) is 3.03. The summed E-state index contributed by atoms with van der Waals surface area (Å²) in [5.41, 5.74) is 0.997. The molecule has 0 spiro atoms. The van der Waals surface area contributed by atoms with Gasteiger partial charge >= 0.3 is 0 Å². The van der Waals surface area contributed by atoms with E-state index in [1.807, 2.05) is 36.1 Å². The van der Waals surface area contributed by atoms with Crippen LogP contribution in [-0.4, -0.2) is 20.2 Å². The van der Waals surface area contributed by atoms with Gasteiger partial charge < -0.3 is 24.0 Å². The van der Waals surface area contributed by atoms with Crippen LogP contribution in [0.4, 0.5) is 0 Å². The van der Waals surface area contributed by atoms with Crippen molar-refractivity contribution in [3.05, 3.63) is 24.5 Å². The van der Waals surface area contributed by atoms with Crippen molar-refractivity contribution >= 4 is 0 Å². The van der Waals surface area contributed by atoms with E-state index in [4.69, 9.17) is 0 Å². The average molecular weight is 359 g/mol. The molecule has 18 heavy (non-hydrogen) atoms. The first-order valence-electron chi connectivity index (χ1n) is 6.03. The lowest BCUT2D eigenvalue weighted by atomic mass is 10.2. The average Bonchev–Trinajstić information content (AvgIpc) is 2.78. The Morgan fingerprint density at radius 1 is 1.33 bits per heavy atom. The van der Waals surface area contributed by atoms with Crippen molar-refractivity contribution in [1.29, 1.82) is 0 Å². The number of hydrogen-bond donors (Lipinski definition) is 0. The number of rotatable bonds is 5. The lowest BCUT2D eigenvalue weighted by Crippen LogP contribution is -3.00. The van der Waals surface area contributed by atoms with E-state index in [2.05, 4.69) is 22.3 Å². The van der Waals surface area contributed by atoms with Crippen LogP contribution in [0.2, 0.25) is 0 Å². The molecule has 5 nitrogen and oxygen atoms in total. The first-order chi connectivity index (χ1) is 8.29. The highest BCUT2D eigenvalue weighted by Crippen LogP contribution is 2.09. The quantitative estimate of drug-likeness (QED) is 0.366. The topological polar surface area (TPSA) is 47.5 Å². The van der Waals surface area contributed by atoms with Crippen LogP contribution in [0.1, 0.15) is 26.2 Å². The van der Waals surface area contributed by atoms with Gasteiger partial charge in [0.1, 0.15) is 7.05 Å². The Morgan fingerprint density at radius 3 is 2.89 bits per heavy atom. The fourth-order valence-corrected chi connectivity index (χ4v) is 1.68. The summed E-state index contributed by atoms with van der Waals surface area (Å²) in [5, 5.41) is 12.5. The van der Waals surface area contributed by atoms with Gasteiger partial charge in [0.05, 0.1) is 12.1 Å². The molecular weight excluding hydrogens is 341 g/mol. The maximum Gasteiger partial charge on any atom is 0.210 e. The molecule has 0 atom stereocenters. The van der Waals surface area contributed by atoms with Crippen molar-refractivity contribution in [2.75, 3.05) is 0 Å². The standard InChI is InChI=1S/C12H18N5.HI/c1-3-4-5-9-17-14-12(13-15-17)11-7-6-8-16(2)10-11;/h6-8,10H,3-5,9H2,1-2H3;1H/q+1;/p-1. The summed E-state index contributed by atoms with van der Waals surface area (Å²) in [5.74, 6) is 0.692. The van der Waals surface area contributed by atoms with Crippen LogP contribution in [0.5, 0.6) is 0 Å². The van der Waals surface area contributed by atoms with E-state index < -0.39 is 0 Å². The van der Waals surface area contributed by atoms with Crippen molar-refractivity contribution in [1.82, 2.24) is 20.2 Å². The zero-order chi connectivity index (χ0) is 12.1. The molecule has 0 aliphatic heterocycles. The molecule has 0 aliphatic rings. The molecule has 98 valence electrons. The minimum atomic E-state index is 0. The van der Waals surface area contributed by atoms with Gasteiger partial charge in [0.15, 0.2) is 12.4 Å². The lowest BCUT2D eigenvalue weighted by molar-refractivity contribution is -0.671. The number of hydrogen-bond acceptors (Lipinski definition) is 3. The SMILES string of the molecule is CCCCCn1nnc(-c2ccc[n+](C)c2)n1.[I-]. The Labute approximate surface area is 124 Å². The molecule has 0 fully saturated rings. The molecule has 2 heterocycles. The maximum absolute atomic E-state index is 4.37. The zero-order valence-electron chi connectivity index (χ0n) is 10.8. The monoisotopic (exact) mass is 359 g/mol. The summed E-state index contributed by atoms with van der Waals surface area (Å²) < 4.78 is 1.98. The van der Waals surface area contributed by atoms with E-state index in [-0.39, 0.29) is 24.0 Å². The molecule has 2 aromatic rings. The Bertz CT molecular complexity index is 483. The van der Waals surface area contributed by atoms with Crippen molar-refractivity contribution < 1.29 is 28.5 Å². The molecular formula is C12H18IN5. The van der Waals surface area contributed by atoms with Crippen molar-refractivity contribution in [3.8, 4) is 11.4 Å². The van der Waals surface area contributed by atoms with Crippen molar-refractivity contribution in [2.45, 2.75) is 32.7 Å². The van der Waals surface area contributed by atoms with Crippen molar-refractivity contribution in [2.24, 2.45) is 7.05 Å². The molecule has 0 bridgehead atoms. The summed E-state index contributed by atoms with van der Waals surface area (Å²) in [6.07, 6.45) is 7.49. The van der Waals surface area contributed by atoms with Gasteiger partial charge in [-0.05, 0) is 17.7 Å². The molecule has 0 unspecified atom stereocenters. The molecule has 6 heteroatoms. The number of halogens is 1. The van der Waals surface area contributed by atoms with Crippen LogP contribution in [-0.2, 0) is 13.6 Å². The third kappa shape index (κ3) is 4.01. The Kier molecular flexibility index (Phi) is 6.17. The number of unbranched alkanes of at least 4 members (excludes halogenated alkanes) is 2. The van der Waals surface area contributed by atoms with Crippen LogP contribution in [0, 0.1) is 0 Å². The third-order valence-corrected chi connectivity index (χ3v) is 2.61. The second-order valence-electron chi connectivity index (χ2n) is 4.17. The summed E-state index contributed by atoms with van der Waals surface area (Å²) in [6, 6.07) is 3.97. The van der Waals surface area contributed by atoms with Crippen LogP contribution in [0.3, 0.4) is 0 Å². The van der Waals surface area contributed by atoms with E-state index in [9.17, 15) is 0 Å². The van der Waals surface area contributed by atoms with Gasteiger partial charge in [-0.1, -0.05) is 19.8 Å². The fourth-order valence-electron chi connectivity index (χ4n) is 1.68. The predicted octanol–water partition coefficient (Wildman–Crippen LogP) is -1.64. The highest BCUT2D eigenvalue weighted by Gasteiger charge is 2.08. The Morgan fingerprint density at radius 2 is 2.17 bits per heavy atom. The maximum atomic E-state index is 4.37. The van der Waals surface area contributed by atoms with Gasteiger partial charge in [0, 0.05) is 6.07 Å². The normalized spacial score (nSPS) is 10.1. The second-order valence-corrected chi connectivity index (χ2v) is 4.17. The highest BCUT2D eigenvalue weighted by atomic mass is 127. The number of aromatic nitrogens is 5. The minimum absolute atomic E-state index is 0. The molecule has 0 aliphatic carbocycles. The predicted molar refractivity (Wildman–Crippen MR) is 64.0 cm³/mol. The fraction of sp³-hybridized carbons (Fsp3) is 0.500. The Balaban J connectivity index is 0.00000162. The molecule has 2 aromatic heterocycles. The van der Waals surface area contributed by atoms with Gasteiger partial charge in [0.2, 0.25) is 5.82 Å². The highest BCUT2D eigenvalue weighted by molar-refractivity contribution is 5.50. The third-order valence-electron chi connectivity index (χ3n) is 2.61.